The van der Waals surface area contributed by atoms with Gasteiger partial charge in [0.2, 0.25) is 0 Å². The quantitative estimate of drug-likeness (QED) is 0.383. The van der Waals surface area contributed by atoms with Crippen molar-refractivity contribution in [3.05, 3.63) is 71.4 Å². The second-order valence-corrected chi connectivity index (χ2v) is 7.57. The Hall–Kier alpha value is -2.97. The maximum Gasteiger partial charge on any atom is 0.306 e. The van der Waals surface area contributed by atoms with Gasteiger partial charge in [-0.3, -0.25) is 4.79 Å². The molecule has 0 aliphatic carbocycles. The van der Waals surface area contributed by atoms with Crippen LogP contribution in [0.5, 0.6) is 0 Å². The number of carbonyl (C=O) groups is 1. The van der Waals surface area contributed by atoms with Gasteiger partial charge in [-0.15, -0.1) is 11.8 Å². The molecule has 0 bridgehead atoms. The third-order valence-corrected chi connectivity index (χ3v) is 5.55. The van der Waals surface area contributed by atoms with Crippen LogP contribution in [0.2, 0.25) is 0 Å². The monoisotopic (exact) mass is 404 g/mol. The minimum Gasteiger partial charge on any atom is -0.466 e. The van der Waals surface area contributed by atoms with Gasteiger partial charge >= 0.3 is 5.97 Å². The maximum absolute atomic E-state index is 11.9. The highest BCUT2D eigenvalue weighted by Crippen LogP contribution is 2.30. The van der Waals surface area contributed by atoms with Gasteiger partial charge in [0, 0.05) is 16.3 Å². The normalized spacial score (nSPS) is 10.6. The first-order chi connectivity index (χ1) is 14.1. The summed E-state index contributed by atoms with van der Waals surface area (Å²) in [5, 5.41) is 9.21. The standard InChI is InChI=1S/C24H24N2O2S/c1-4-28-24(27)14-9-20-8-13-23(19-6-10-21(29-3)11-7-19)26(20)22-12-5-18(16-25)15-17(22)2/h5-8,10-13,15H,4,9,14H2,1-3H3. The number of hydrogen-bond donors (Lipinski definition) is 0. The summed E-state index contributed by atoms with van der Waals surface area (Å²) in [6.45, 7) is 4.21. The number of hydrogen-bond acceptors (Lipinski definition) is 4. The van der Waals surface area contributed by atoms with Gasteiger partial charge in [0.25, 0.3) is 0 Å². The summed E-state index contributed by atoms with van der Waals surface area (Å²) in [5.41, 5.74) is 5.86. The molecule has 148 valence electrons. The van der Waals surface area contributed by atoms with E-state index in [1.807, 2.05) is 32.0 Å². The van der Waals surface area contributed by atoms with Crippen molar-refractivity contribution in [2.24, 2.45) is 0 Å². The van der Waals surface area contributed by atoms with E-state index in [-0.39, 0.29) is 5.97 Å². The molecule has 1 heterocycles. The van der Waals surface area contributed by atoms with Crippen LogP contribution in [0.1, 0.15) is 30.2 Å². The van der Waals surface area contributed by atoms with E-state index in [0.29, 0.717) is 25.0 Å². The number of rotatable bonds is 7. The largest absolute Gasteiger partial charge is 0.466 e. The Morgan fingerprint density at radius 3 is 2.52 bits per heavy atom. The smallest absolute Gasteiger partial charge is 0.306 e. The molecule has 3 aromatic rings. The van der Waals surface area contributed by atoms with Crippen LogP contribution in [0.25, 0.3) is 16.9 Å². The summed E-state index contributed by atoms with van der Waals surface area (Å²) < 4.78 is 7.28. The molecule has 1 aromatic heterocycles. The van der Waals surface area contributed by atoms with Gasteiger partial charge in [0.15, 0.2) is 0 Å². The van der Waals surface area contributed by atoms with Crippen LogP contribution in [-0.2, 0) is 16.0 Å². The highest BCUT2D eigenvalue weighted by molar-refractivity contribution is 7.98. The lowest BCUT2D eigenvalue weighted by Gasteiger charge is -2.17. The highest BCUT2D eigenvalue weighted by Gasteiger charge is 2.15. The second kappa shape index (κ2) is 9.49. The summed E-state index contributed by atoms with van der Waals surface area (Å²) in [6.07, 6.45) is 2.98. The van der Waals surface area contributed by atoms with E-state index in [2.05, 4.69) is 53.3 Å². The number of nitrogens with zero attached hydrogens (tertiary/aromatic N) is 2. The molecule has 0 unspecified atom stereocenters. The fourth-order valence-electron chi connectivity index (χ4n) is 3.38. The summed E-state index contributed by atoms with van der Waals surface area (Å²) in [6, 6.07) is 20.5. The third kappa shape index (κ3) is 4.72. The lowest BCUT2D eigenvalue weighted by atomic mass is 10.1. The van der Waals surface area contributed by atoms with Crippen molar-refractivity contribution in [2.75, 3.05) is 12.9 Å². The Morgan fingerprint density at radius 1 is 1.14 bits per heavy atom. The Morgan fingerprint density at radius 2 is 1.90 bits per heavy atom. The number of nitriles is 1. The molecule has 0 N–H and O–H groups in total. The molecule has 0 amide bonds. The molecule has 0 spiro atoms. The average Bonchev–Trinajstić information content (AvgIpc) is 3.16. The van der Waals surface area contributed by atoms with Crippen molar-refractivity contribution < 1.29 is 9.53 Å². The molecular formula is C24H24N2O2S. The Labute approximate surface area is 176 Å². The van der Waals surface area contributed by atoms with E-state index in [4.69, 9.17) is 4.74 Å². The second-order valence-electron chi connectivity index (χ2n) is 6.69. The van der Waals surface area contributed by atoms with Gasteiger partial charge in [-0.05, 0) is 80.1 Å². The molecule has 2 aromatic carbocycles. The van der Waals surface area contributed by atoms with Crippen LogP contribution >= 0.6 is 11.8 Å². The topological polar surface area (TPSA) is 55.0 Å². The maximum atomic E-state index is 11.9. The van der Waals surface area contributed by atoms with Crippen LogP contribution in [-0.4, -0.2) is 23.4 Å². The van der Waals surface area contributed by atoms with Gasteiger partial charge in [-0.2, -0.15) is 5.26 Å². The summed E-state index contributed by atoms with van der Waals surface area (Å²) in [4.78, 5) is 13.1. The molecule has 3 rings (SSSR count). The number of carbonyl (C=O) groups excluding carboxylic acids is 1. The Balaban J connectivity index is 2.07. The van der Waals surface area contributed by atoms with Crippen LogP contribution in [0, 0.1) is 18.3 Å². The van der Waals surface area contributed by atoms with Crippen molar-refractivity contribution >= 4 is 17.7 Å². The third-order valence-electron chi connectivity index (χ3n) is 4.80. The van der Waals surface area contributed by atoms with E-state index < -0.39 is 0 Å². The van der Waals surface area contributed by atoms with Crippen molar-refractivity contribution in [2.45, 2.75) is 31.6 Å². The predicted molar refractivity (Wildman–Crippen MR) is 117 cm³/mol. The van der Waals surface area contributed by atoms with Gasteiger partial charge < -0.3 is 9.30 Å². The number of esters is 1. The molecule has 4 nitrogen and oxygen atoms in total. The molecule has 0 aliphatic heterocycles. The zero-order chi connectivity index (χ0) is 20.8. The van der Waals surface area contributed by atoms with Crippen molar-refractivity contribution in [3.63, 3.8) is 0 Å². The predicted octanol–water partition coefficient (Wildman–Crippen LogP) is 5.54. The van der Waals surface area contributed by atoms with Gasteiger partial charge in [0.1, 0.15) is 0 Å². The first-order valence-electron chi connectivity index (χ1n) is 9.59. The van der Waals surface area contributed by atoms with Crippen molar-refractivity contribution in [3.8, 4) is 23.0 Å². The minimum atomic E-state index is -0.192. The number of ether oxygens (including phenoxy) is 1. The molecule has 29 heavy (non-hydrogen) atoms. The molecule has 0 saturated carbocycles. The van der Waals surface area contributed by atoms with E-state index in [1.165, 1.54) is 4.90 Å². The summed E-state index contributed by atoms with van der Waals surface area (Å²) in [7, 11) is 0. The van der Waals surface area contributed by atoms with Crippen LogP contribution in [0.3, 0.4) is 0 Å². The van der Waals surface area contributed by atoms with Crippen LogP contribution < -0.4 is 0 Å². The van der Waals surface area contributed by atoms with E-state index in [0.717, 1.165) is 28.2 Å². The minimum absolute atomic E-state index is 0.192. The zero-order valence-electron chi connectivity index (χ0n) is 16.9. The fraction of sp³-hybridized carbons (Fsp3) is 0.250. The zero-order valence-corrected chi connectivity index (χ0v) is 17.8. The van der Waals surface area contributed by atoms with E-state index >= 15 is 0 Å². The first-order valence-corrected chi connectivity index (χ1v) is 10.8. The number of thioether (sulfide) groups is 1. The van der Waals surface area contributed by atoms with Crippen molar-refractivity contribution in [1.29, 1.82) is 5.26 Å². The molecular weight excluding hydrogens is 380 g/mol. The summed E-state index contributed by atoms with van der Waals surface area (Å²) in [5.74, 6) is -0.192. The summed E-state index contributed by atoms with van der Waals surface area (Å²) >= 11 is 1.71. The average molecular weight is 405 g/mol. The fourth-order valence-corrected chi connectivity index (χ4v) is 3.79. The van der Waals surface area contributed by atoms with Crippen LogP contribution in [0.15, 0.2) is 59.5 Å². The lowest BCUT2D eigenvalue weighted by molar-refractivity contribution is -0.143. The number of aryl methyl sites for hydroxylation is 2. The molecule has 0 aliphatic rings. The van der Waals surface area contributed by atoms with Gasteiger partial charge in [0.05, 0.1) is 30.4 Å². The number of aromatic nitrogens is 1. The Kier molecular flexibility index (Phi) is 6.79. The van der Waals surface area contributed by atoms with Gasteiger partial charge in [-0.25, -0.2) is 0 Å². The van der Waals surface area contributed by atoms with E-state index in [9.17, 15) is 10.1 Å². The highest BCUT2D eigenvalue weighted by atomic mass is 32.2. The van der Waals surface area contributed by atoms with Gasteiger partial charge in [-0.1, -0.05) is 12.1 Å². The molecule has 5 heteroatoms. The number of benzene rings is 2. The van der Waals surface area contributed by atoms with E-state index in [1.54, 1.807) is 11.8 Å². The van der Waals surface area contributed by atoms with Crippen LogP contribution in [0.4, 0.5) is 0 Å². The Bertz CT molecular complexity index is 1050. The van der Waals surface area contributed by atoms with Crippen molar-refractivity contribution in [1.82, 2.24) is 4.57 Å². The molecule has 0 fully saturated rings. The lowest BCUT2D eigenvalue weighted by Crippen LogP contribution is -2.09. The molecule has 0 saturated heterocycles. The molecule has 0 atom stereocenters. The first kappa shape index (κ1) is 20.8. The SMILES string of the molecule is CCOC(=O)CCc1ccc(-c2ccc(SC)cc2)n1-c1ccc(C#N)cc1C. The molecule has 0 radical (unpaired) electrons.